The van der Waals surface area contributed by atoms with Gasteiger partial charge in [-0.3, -0.25) is 9.59 Å². The van der Waals surface area contributed by atoms with E-state index in [2.05, 4.69) is 0 Å². The molecule has 1 aliphatic heterocycles. The van der Waals surface area contributed by atoms with E-state index in [1.807, 2.05) is 13.8 Å². The molecule has 6 nitrogen and oxygen atoms in total. The Bertz CT molecular complexity index is 655. The van der Waals surface area contributed by atoms with Crippen molar-refractivity contribution in [2.75, 3.05) is 12.0 Å². The number of anilines is 1. The van der Waals surface area contributed by atoms with Gasteiger partial charge in [0.1, 0.15) is 11.3 Å². The smallest absolute Gasteiger partial charge is 0.339 e. The molecular weight excluding hydrogens is 274 g/mol. The van der Waals surface area contributed by atoms with Crippen molar-refractivity contribution < 1.29 is 24.2 Å². The third-order valence-corrected chi connectivity index (χ3v) is 4.47. The molecule has 110 valence electrons. The first-order chi connectivity index (χ1) is 9.80. The fraction of sp³-hybridized carbons (Fsp3) is 0.400. The topological polar surface area (TPSA) is 83.9 Å². The fourth-order valence-electron chi connectivity index (χ4n) is 3.20. The van der Waals surface area contributed by atoms with Crippen LogP contribution in [0.15, 0.2) is 18.2 Å². The van der Waals surface area contributed by atoms with E-state index in [1.165, 1.54) is 25.3 Å². The molecule has 0 radical (unpaired) electrons. The van der Waals surface area contributed by atoms with Crippen LogP contribution in [0.1, 0.15) is 24.2 Å². The molecule has 3 rings (SSSR count). The number of aromatic carboxylic acids is 1. The number of amides is 2. The Hall–Kier alpha value is -2.37. The van der Waals surface area contributed by atoms with Crippen LogP contribution in [0.2, 0.25) is 0 Å². The summed E-state index contributed by atoms with van der Waals surface area (Å²) in [7, 11) is 1.35. The van der Waals surface area contributed by atoms with Crippen molar-refractivity contribution in [3.05, 3.63) is 23.8 Å². The maximum Gasteiger partial charge on any atom is 0.339 e. The minimum Gasteiger partial charge on any atom is -0.496 e. The van der Waals surface area contributed by atoms with E-state index in [-0.39, 0.29) is 40.4 Å². The average Bonchev–Trinajstić information content (AvgIpc) is 2.88. The first-order valence-electron chi connectivity index (χ1n) is 6.60. The Kier molecular flexibility index (Phi) is 2.63. The highest BCUT2D eigenvalue weighted by Crippen LogP contribution is 2.63. The number of carboxylic acids is 1. The van der Waals surface area contributed by atoms with E-state index in [1.54, 1.807) is 0 Å². The van der Waals surface area contributed by atoms with Gasteiger partial charge in [-0.15, -0.1) is 0 Å². The van der Waals surface area contributed by atoms with E-state index in [4.69, 9.17) is 9.84 Å². The third kappa shape index (κ3) is 1.68. The van der Waals surface area contributed by atoms with Crippen molar-refractivity contribution in [1.82, 2.24) is 0 Å². The van der Waals surface area contributed by atoms with Gasteiger partial charge in [0.15, 0.2) is 0 Å². The standard InChI is InChI=1S/C15H15NO5/c1-15(2)10-11(15)13(18)16(12(10)17)7-4-5-8(14(19)20)9(6-7)21-3/h4-6,10-11H,1-3H3,(H,19,20). The SMILES string of the molecule is COc1cc(N2C(=O)C3C(C2=O)C3(C)C)ccc1C(=O)O. The second-order valence-electron chi connectivity index (χ2n) is 5.98. The number of ether oxygens (including phenoxy) is 1. The Balaban J connectivity index is 1.98. The van der Waals surface area contributed by atoms with Crippen LogP contribution in [0.3, 0.4) is 0 Å². The number of carbonyl (C=O) groups excluding carboxylic acids is 2. The highest BCUT2D eigenvalue weighted by atomic mass is 16.5. The maximum absolute atomic E-state index is 12.3. The number of hydrogen-bond acceptors (Lipinski definition) is 4. The van der Waals surface area contributed by atoms with Crippen LogP contribution >= 0.6 is 0 Å². The van der Waals surface area contributed by atoms with Gasteiger partial charge in [0, 0.05) is 6.07 Å². The summed E-state index contributed by atoms with van der Waals surface area (Å²) < 4.78 is 5.03. The second kappa shape index (κ2) is 4.07. The Morgan fingerprint density at radius 1 is 1.24 bits per heavy atom. The van der Waals surface area contributed by atoms with Gasteiger partial charge in [-0.2, -0.15) is 0 Å². The monoisotopic (exact) mass is 289 g/mol. The zero-order valence-electron chi connectivity index (χ0n) is 11.9. The summed E-state index contributed by atoms with van der Waals surface area (Å²) in [6.45, 7) is 3.81. The van der Waals surface area contributed by atoms with Crippen LogP contribution in [0.25, 0.3) is 0 Å². The lowest BCUT2D eigenvalue weighted by Gasteiger charge is -2.21. The largest absolute Gasteiger partial charge is 0.496 e. The first kappa shape index (κ1) is 13.6. The van der Waals surface area contributed by atoms with Gasteiger partial charge in [0.2, 0.25) is 11.8 Å². The van der Waals surface area contributed by atoms with Crippen LogP contribution < -0.4 is 9.64 Å². The Labute approximate surface area is 121 Å². The molecule has 6 heteroatoms. The molecule has 2 atom stereocenters. The number of carboxylic acid groups (broad SMARTS) is 1. The van der Waals surface area contributed by atoms with Crippen molar-refractivity contribution in [2.24, 2.45) is 17.3 Å². The lowest BCUT2D eigenvalue weighted by molar-refractivity contribution is -0.125. The molecule has 1 aromatic carbocycles. The number of hydrogen-bond donors (Lipinski definition) is 1. The van der Waals surface area contributed by atoms with Crippen LogP contribution in [-0.2, 0) is 9.59 Å². The lowest BCUT2D eigenvalue weighted by atomic mass is 10.0. The van der Waals surface area contributed by atoms with Crippen LogP contribution in [-0.4, -0.2) is 30.0 Å². The molecule has 1 aliphatic carbocycles. The molecule has 1 saturated heterocycles. The number of rotatable bonds is 3. The number of imide groups is 1. The summed E-state index contributed by atoms with van der Waals surface area (Å²) in [5.41, 5.74) is 0.0798. The summed E-state index contributed by atoms with van der Waals surface area (Å²) in [4.78, 5) is 36.9. The number of carbonyl (C=O) groups is 3. The van der Waals surface area contributed by atoms with Crippen LogP contribution in [0.5, 0.6) is 5.75 Å². The molecule has 0 bridgehead atoms. The molecule has 2 unspecified atom stereocenters. The molecule has 1 N–H and O–H groups in total. The molecule has 2 fully saturated rings. The molecular formula is C15H15NO5. The molecule has 0 aromatic heterocycles. The third-order valence-electron chi connectivity index (χ3n) is 4.47. The minimum absolute atomic E-state index is 0.00849. The van der Waals surface area contributed by atoms with Crippen molar-refractivity contribution >= 4 is 23.5 Å². The first-order valence-corrected chi connectivity index (χ1v) is 6.60. The van der Waals surface area contributed by atoms with E-state index in [0.29, 0.717) is 5.69 Å². The van der Waals surface area contributed by atoms with E-state index < -0.39 is 5.97 Å². The normalized spacial score (nSPS) is 25.8. The molecule has 1 aromatic rings. The van der Waals surface area contributed by atoms with Crippen LogP contribution in [0, 0.1) is 17.3 Å². The molecule has 2 aliphatic rings. The van der Waals surface area contributed by atoms with Crippen LogP contribution in [0.4, 0.5) is 5.69 Å². The zero-order valence-corrected chi connectivity index (χ0v) is 11.9. The molecule has 21 heavy (non-hydrogen) atoms. The highest BCUT2D eigenvalue weighted by molar-refractivity contribution is 6.25. The Morgan fingerprint density at radius 2 is 1.81 bits per heavy atom. The number of nitrogens with zero attached hydrogens (tertiary/aromatic N) is 1. The number of benzene rings is 1. The number of piperidine rings is 1. The predicted molar refractivity (Wildman–Crippen MR) is 73.2 cm³/mol. The van der Waals surface area contributed by atoms with Gasteiger partial charge in [-0.1, -0.05) is 13.8 Å². The van der Waals surface area contributed by atoms with Crippen molar-refractivity contribution in [1.29, 1.82) is 0 Å². The molecule has 1 saturated carbocycles. The van der Waals surface area contributed by atoms with Crippen molar-refractivity contribution in [2.45, 2.75) is 13.8 Å². The van der Waals surface area contributed by atoms with Gasteiger partial charge in [-0.05, 0) is 17.5 Å². The zero-order chi connectivity index (χ0) is 15.5. The predicted octanol–water partition coefficient (Wildman–Crippen LogP) is 1.54. The van der Waals surface area contributed by atoms with Gasteiger partial charge in [0.25, 0.3) is 0 Å². The van der Waals surface area contributed by atoms with Gasteiger partial charge in [-0.25, -0.2) is 9.69 Å². The number of methoxy groups -OCH3 is 1. The van der Waals surface area contributed by atoms with Crippen molar-refractivity contribution in [3.63, 3.8) is 0 Å². The van der Waals surface area contributed by atoms with E-state index >= 15 is 0 Å². The molecule has 1 heterocycles. The molecule has 2 amide bonds. The summed E-state index contributed by atoms with van der Waals surface area (Å²) >= 11 is 0. The van der Waals surface area contributed by atoms with Crippen molar-refractivity contribution in [3.8, 4) is 5.75 Å². The lowest BCUT2D eigenvalue weighted by Crippen LogP contribution is -2.36. The summed E-state index contributed by atoms with van der Waals surface area (Å²) in [5, 5.41) is 9.05. The van der Waals surface area contributed by atoms with Gasteiger partial charge in [0.05, 0.1) is 24.6 Å². The highest BCUT2D eigenvalue weighted by Gasteiger charge is 2.72. The maximum atomic E-state index is 12.3. The minimum atomic E-state index is -1.12. The fourth-order valence-corrected chi connectivity index (χ4v) is 3.20. The quantitative estimate of drug-likeness (QED) is 0.853. The Morgan fingerprint density at radius 3 is 2.29 bits per heavy atom. The average molecular weight is 289 g/mol. The summed E-state index contributed by atoms with van der Waals surface area (Å²) in [6, 6.07) is 4.21. The van der Waals surface area contributed by atoms with Gasteiger partial charge < -0.3 is 9.84 Å². The van der Waals surface area contributed by atoms with Gasteiger partial charge >= 0.3 is 5.97 Å². The number of fused-ring (bicyclic) bond motifs is 1. The summed E-state index contributed by atoms with van der Waals surface area (Å²) in [6.07, 6.45) is 0. The van der Waals surface area contributed by atoms with E-state index in [9.17, 15) is 14.4 Å². The van der Waals surface area contributed by atoms with E-state index in [0.717, 1.165) is 4.90 Å². The summed E-state index contributed by atoms with van der Waals surface area (Å²) in [5.74, 6) is -1.98. The molecule has 0 spiro atoms. The second-order valence-corrected chi connectivity index (χ2v) is 5.98.